The second-order valence-corrected chi connectivity index (χ2v) is 7.33. The lowest BCUT2D eigenvalue weighted by Crippen LogP contribution is -2.15. The molecule has 0 aliphatic rings. The van der Waals surface area contributed by atoms with E-state index in [4.69, 9.17) is 30.0 Å². The van der Waals surface area contributed by atoms with Crippen molar-refractivity contribution in [2.75, 3.05) is 26.4 Å². The number of nitrogens with two attached hydrogens (primary N) is 1. The van der Waals surface area contributed by atoms with Crippen LogP contribution in [0.2, 0.25) is 0 Å². The molecular weight excluding hydrogens is 398 g/mol. The number of hydrogen-bond acceptors (Lipinski definition) is 8. The van der Waals surface area contributed by atoms with Crippen LogP contribution in [0.4, 0.5) is 5.69 Å². The Labute approximate surface area is 170 Å². The van der Waals surface area contributed by atoms with E-state index in [0.29, 0.717) is 27.4 Å². The number of furan rings is 1. The van der Waals surface area contributed by atoms with Gasteiger partial charge in [-0.1, -0.05) is 6.07 Å². The molecule has 0 aromatic carbocycles. The van der Waals surface area contributed by atoms with Gasteiger partial charge < -0.3 is 25.3 Å². The highest BCUT2D eigenvalue weighted by atomic mass is 32.1. The molecule has 154 valence electrons. The number of hydrogen-bond donors (Lipinski definition) is 3. The Morgan fingerprint density at radius 3 is 2.41 bits per heavy atom. The number of fused-ring (bicyclic) bond motifs is 1. The van der Waals surface area contributed by atoms with Crippen LogP contribution in [0.1, 0.15) is 26.7 Å². The molecule has 0 amide bonds. The molecule has 29 heavy (non-hydrogen) atoms. The summed E-state index contributed by atoms with van der Waals surface area (Å²) in [6.07, 6.45) is 0.801. The summed E-state index contributed by atoms with van der Waals surface area (Å²) in [4.78, 5) is 38.1. The molecule has 0 aliphatic carbocycles. The standard InChI is InChI=1S/C17H19N3O2S.C2H2O4/c1-10-11(6-7-20(2)3)15-17(22-10)12(18)9-13(19-15)16(21)14-5-4-8-23-14;3-1(4)2(5)6/h4-5,8-9H,6-7H2,1-3H3,(H2,18,19);(H,3,4)(H,5,6). The monoisotopic (exact) mass is 419 g/mol. The fraction of sp³-hybridized carbons (Fsp3) is 0.263. The van der Waals surface area contributed by atoms with E-state index in [1.54, 1.807) is 12.1 Å². The molecule has 0 saturated carbocycles. The number of carboxylic acids is 2. The molecule has 9 nitrogen and oxygen atoms in total. The minimum atomic E-state index is -1.82. The van der Waals surface area contributed by atoms with Gasteiger partial charge in [0.2, 0.25) is 5.78 Å². The van der Waals surface area contributed by atoms with Crippen molar-refractivity contribution in [2.24, 2.45) is 0 Å². The van der Waals surface area contributed by atoms with Gasteiger partial charge in [-0.15, -0.1) is 11.3 Å². The fourth-order valence-electron chi connectivity index (χ4n) is 2.53. The fourth-order valence-corrected chi connectivity index (χ4v) is 3.20. The number of pyridine rings is 1. The number of carbonyl (C=O) groups is 3. The van der Waals surface area contributed by atoms with Crippen molar-refractivity contribution in [3.63, 3.8) is 0 Å². The summed E-state index contributed by atoms with van der Waals surface area (Å²) in [5.41, 5.74) is 9.19. The first-order chi connectivity index (χ1) is 13.6. The van der Waals surface area contributed by atoms with E-state index in [2.05, 4.69) is 9.88 Å². The molecule has 0 saturated heterocycles. The number of nitrogens with zero attached hydrogens (tertiary/aromatic N) is 2. The molecule has 4 N–H and O–H groups in total. The highest BCUT2D eigenvalue weighted by Crippen LogP contribution is 2.30. The Kier molecular flexibility index (Phi) is 7.08. The van der Waals surface area contributed by atoms with E-state index >= 15 is 0 Å². The van der Waals surface area contributed by atoms with Crippen LogP contribution in [0.3, 0.4) is 0 Å². The van der Waals surface area contributed by atoms with E-state index in [0.717, 1.165) is 24.3 Å². The van der Waals surface area contributed by atoms with E-state index in [1.165, 1.54) is 11.3 Å². The van der Waals surface area contributed by atoms with Crippen LogP contribution >= 0.6 is 11.3 Å². The number of aliphatic carboxylic acids is 2. The zero-order chi connectivity index (χ0) is 21.7. The van der Waals surface area contributed by atoms with Crippen LogP contribution in [0, 0.1) is 6.92 Å². The van der Waals surface area contributed by atoms with Crippen LogP contribution in [0.25, 0.3) is 11.1 Å². The minimum absolute atomic E-state index is 0.106. The molecule has 10 heteroatoms. The van der Waals surface area contributed by atoms with Gasteiger partial charge in [-0.2, -0.15) is 0 Å². The predicted octanol–water partition coefficient (Wildman–Crippen LogP) is 2.27. The van der Waals surface area contributed by atoms with Crippen molar-refractivity contribution in [3.8, 4) is 0 Å². The number of ketones is 1. The maximum absolute atomic E-state index is 12.5. The second kappa shape index (κ2) is 9.30. The summed E-state index contributed by atoms with van der Waals surface area (Å²) in [6.45, 7) is 2.78. The van der Waals surface area contributed by atoms with Gasteiger partial charge in [0.25, 0.3) is 0 Å². The number of rotatable bonds is 5. The summed E-state index contributed by atoms with van der Waals surface area (Å²) >= 11 is 1.40. The molecule has 0 atom stereocenters. The highest BCUT2D eigenvalue weighted by molar-refractivity contribution is 7.12. The Morgan fingerprint density at radius 1 is 1.24 bits per heavy atom. The number of nitrogen functional groups attached to an aromatic ring is 1. The molecular formula is C19H21N3O6S. The van der Waals surface area contributed by atoms with Gasteiger partial charge >= 0.3 is 11.9 Å². The smallest absolute Gasteiger partial charge is 0.414 e. The average molecular weight is 419 g/mol. The predicted molar refractivity (Wildman–Crippen MR) is 108 cm³/mol. The van der Waals surface area contributed by atoms with Crippen LogP contribution in [0.5, 0.6) is 0 Å². The van der Waals surface area contributed by atoms with Crippen molar-refractivity contribution in [1.82, 2.24) is 9.88 Å². The van der Waals surface area contributed by atoms with Gasteiger partial charge in [0.1, 0.15) is 17.0 Å². The number of aryl methyl sites for hydroxylation is 1. The lowest BCUT2D eigenvalue weighted by molar-refractivity contribution is -0.159. The van der Waals surface area contributed by atoms with E-state index in [1.807, 2.05) is 32.5 Å². The van der Waals surface area contributed by atoms with Crippen molar-refractivity contribution >= 4 is 45.8 Å². The Hall–Kier alpha value is -3.24. The molecule has 3 heterocycles. The maximum atomic E-state index is 12.5. The maximum Gasteiger partial charge on any atom is 0.414 e. The second-order valence-electron chi connectivity index (χ2n) is 6.38. The highest BCUT2D eigenvalue weighted by Gasteiger charge is 2.20. The average Bonchev–Trinajstić information content (AvgIpc) is 3.28. The molecule has 3 aromatic heterocycles. The molecule has 0 radical (unpaired) electrons. The quantitative estimate of drug-likeness (QED) is 0.418. The van der Waals surface area contributed by atoms with Crippen molar-refractivity contribution < 1.29 is 29.0 Å². The molecule has 0 unspecified atom stereocenters. The minimum Gasteiger partial charge on any atom is -0.473 e. The molecule has 0 bridgehead atoms. The number of aromatic nitrogens is 1. The third kappa shape index (κ3) is 5.39. The van der Waals surface area contributed by atoms with E-state index in [-0.39, 0.29) is 5.78 Å². The van der Waals surface area contributed by atoms with Crippen LogP contribution in [-0.4, -0.2) is 58.5 Å². The Balaban J connectivity index is 0.000000438. The topological polar surface area (TPSA) is 147 Å². The van der Waals surface area contributed by atoms with Gasteiger partial charge in [0.15, 0.2) is 5.58 Å². The summed E-state index contributed by atoms with van der Waals surface area (Å²) in [6, 6.07) is 5.25. The lowest BCUT2D eigenvalue weighted by atomic mass is 10.1. The van der Waals surface area contributed by atoms with Gasteiger partial charge in [-0.05, 0) is 45.0 Å². The van der Waals surface area contributed by atoms with Gasteiger partial charge in [0, 0.05) is 12.1 Å². The molecule has 0 aliphatic heterocycles. The van der Waals surface area contributed by atoms with Crippen molar-refractivity contribution in [3.05, 3.63) is 45.5 Å². The number of carboxylic acid groups (broad SMARTS) is 2. The molecule has 0 fully saturated rings. The van der Waals surface area contributed by atoms with Gasteiger partial charge in [-0.3, -0.25) is 4.79 Å². The normalized spacial score (nSPS) is 10.6. The van der Waals surface area contributed by atoms with Crippen molar-refractivity contribution in [2.45, 2.75) is 13.3 Å². The number of likely N-dealkylation sites (N-methyl/N-ethyl adjacent to an activating group) is 1. The summed E-state index contributed by atoms with van der Waals surface area (Å²) in [7, 11) is 4.04. The third-order valence-corrected chi connectivity index (χ3v) is 4.81. The summed E-state index contributed by atoms with van der Waals surface area (Å²) < 4.78 is 5.77. The SMILES string of the molecule is Cc1oc2c(N)cc(C(=O)c3cccs3)nc2c1CCN(C)C.O=C(O)C(=O)O. The molecule has 0 spiro atoms. The Morgan fingerprint density at radius 2 is 1.90 bits per heavy atom. The van der Waals surface area contributed by atoms with Crippen LogP contribution in [-0.2, 0) is 16.0 Å². The first-order valence-corrected chi connectivity index (χ1v) is 9.37. The summed E-state index contributed by atoms with van der Waals surface area (Å²) in [5.74, 6) is -2.95. The zero-order valence-corrected chi connectivity index (χ0v) is 16.9. The number of anilines is 1. The van der Waals surface area contributed by atoms with Gasteiger partial charge in [0.05, 0.1) is 10.6 Å². The third-order valence-electron chi connectivity index (χ3n) is 3.94. The van der Waals surface area contributed by atoms with Crippen LogP contribution in [0.15, 0.2) is 28.0 Å². The van der Waals surface area contributed by atoms with E-state index in [9.17, 15) is 4.79 Å². The Bertz CT molecular complexity index is 1030. The first-order valence-electron chi connectivity index (χ1n) is 8.49. The van der Waals surface area contributed by atoms with E-state index < -0.39 is 11.9 Å². The number of thiophene rings is 1. The molecule has 3 rings (SSSR count). The number of carbonyl (C=O) groups excluding carboxylic acids is 1. The van der Waals surface area contributed by atoms with Crippen molar-refractivity contribution in [1.29, 1.82) is 0 Å². The molecule has 3 aromatic rings. The van der Waals surface area contributed by atoms with Gasteiger partial charge in [-0.25, -0.2) is 14.6 Å². The largest absolute Gasteiger partial charge is 0.473 e. The zero-order valence-electron chi connectivity index (χ0n) is 16.1. The lowest BCUT2D eigenvalue weighted by Gasteiger charge is -2.08. The summed E-state index contributed by atoms with van der Waals surface area (Å²) in [5, 5.41) is 16.7. The van der Waals surface area contributed by atoms with Crippen LogP contribution < -0.4 is 5.73 Å². The first kappa shape index (κ1) is 22.1.